The van der Waals surface area contributed by atoms with Gasteiger partial charge in [0, 0.05) is 22.3 Å². The average Bonchev–Trinajstić information content (AvgIpc) is 2.74. The second-order valence-corrected chi connectivity index (χ2v) is 10.2. The molecular formula is C24H26N2O3S2. The van der Waals surface area contributed by atoms with Crippen LogP contribution >= 0.6 is 11.8 Å². The van der Waals surface area contributed by atoms with Crippen LogP contribution in [0.1, 0.15) is 25.8 Å². The van der Waals surface area contributed by atoms with E-state index in [1.54, 1.807) is 49.9 Å². The van der Waals surface area contributed by atoms with E-state index in [4.69, 9.17) is 0 Å². The van der Waals surface area contributed by atoms with Crippen molar-refractivity contribution in [1.29, 1.82) is 0 Å². The third-order valence-electron chi connectivity index (χ3n) is 4.40. The number of hydrogen-bond donors (Lipinski definition) is 2. The number of sulfonamides is 1. The van der Waals surface area contributed by atoms with Crippen molar-refractivity contribution in [2.75, 3.05) is 5.32 Å². The fraction of sp³-hybridized carbons (Fsp3) is 0.208. The molecule has 0 fully saturated rings. The summed E-state index contributed by atoms with van der Waals surface area (Å²) in [6.07, 6.45) is 0.832. The van der Waals surface area contributed by atoms with E-state index in [2.05, 4.69) is 10.0 Å². The molecular weight excluding hydrogens is 428 g/mol. The Kier molecular flexibility index (Phi) is 7.90. The van der Waals surface area contributed by atoms with Crippen molar-refractivity contribution in [2.24, 2.45) is 0 Å². The summed E-state index contributed by atoms with van der Waals surface area (Å²) in [6.45, 7) is 3.56. The Labute approximate surface area is 188 Å². The molecule has 162 valence electrons. The molecule has 0 radical (unpaired) electrons. The maximum absolute atomic E-state index is 12.5. The van der Waals surface area contributed by atoms with E-state index in [-0.39, 0.29) is 16.8 Å². The van der Waals surface area contributed by atoms with E-state index in [0.717, 1.165) is 21.0 Å². The minimum absolute atomic E-state index is 0.0840. The molecule has 0 saturated carbocycles. The van der Waals surface area contributed by atoms with Crippen molar-refractivity contribution >= 4 is 33.4 Å². The summed E-state index contributed by atoms with van der Waals surface area (Å²) in [5.41, 5.74) is 1.69. The molecule has 0 heterocycles. The van der Waals surface area contributed by atoms with Gasteiger partial charge in [-0.15, -0.1) is 0 Å². The second-order valence-electron chi connectivity index (χ2n) is 7.38. The fourth-order valence-corrected chi connectivity index (χ4v) is 5.13. The standard InChI is InChI=1S/C24H26N2O3S2/c1-18(2)26-31(28,29)21-15-12-19(13-16-21)14-17-24(27)25-22-10-6-7-11-23(22)30-20-8-4-3-5-9-20/h3-13,15-16,18,26H,14,17H2,1-2H3,(H,25,27). The molecule has 3 rings (SSSR count). The smallest absolute Gasteiger partial charge is 0.240 e. The van der Waals surface area contributed by atoms with Crippen molar-refractivity contribution in [3.05, 3.63) is 84.4 Å². The quantitative estimate of drug-likeness (QED) is 0.472. The van der Waals surface area contributed by atoms with Gasteiger partial charge in [0.1, 0.15) is 0 Å². The summed E-state index contributed by atoms with van der Waals surface area (Å²) >= 11 is 1.60. The molecule has 0 saturated heterocycles. The highest BCUT2D eigenvalue weighted by atomic mass is 32.2. The second kappa shape index (κ2) is 10.6. The van der Waals surface area contributed by atoms with Gasteiger partial charge < -0.3 is 5.32 Å². The molecule has 5 nitrogen and oxygen atoms in total. The lowest BCUT2D eigenvalue weighted by Crippen LogP contribution is -2.30. The molecule has 0 aliphatic carbocycles. The Bertz CT molecular complexity index is 1110. The maximum Gasteiger partial charge on any atom is 0.240 e. The van der Waals surface area contributed by atoms with Crippen LogP contribution in [0.25, 0.3) is 0 Å². The zero-order valence-corrected chi connectivity index (χ0v) is 19.2. The van der Waals surface area contributed by atoms with Crippen LogP contribution in [-0.2, 0) is 21.2 Å². The van der Waals surface area contributed by atoms with E-state index < -0.39 is 10.0 Å². The number of rotatable bonds is 9. The summed E-state index contributed by atoms with van der Waals surface area (Å²) < 4.78 is 27.0. The highest BCUT2D eigenvalue weighted by Gasteiger charge is 2.15. The third-order valence-corrected chi connectivity index (χ3v) is 7.16. The number of carbonyl (C=O) groups excluding carboxylic acids is 1. The number of amides is 1. The summed E-state index contributed by atoms with van der Waals surface area (Å²) in [5.74, 6) is -0.0840. The summed E-state index contributed by atoms with van der Waals surface area (Å²) in [4.78, 5) is 14.8. The molecule has 0 bridgehead atoms. The Morgan fingerprint density at radius 3 is 2.23 bits per heavy atom. The Balaban J connectivity index is 1.59. The van der Waals surface area contributed by atoms with Gasteiger partial charge in [0.15, 0.2) is 0 Å². The zero-order chi connectivity index (χ0) is 22.3. The number of nitrogens with one attached hydrogen (secondary N) is 2. The first-order valence-electron chi connectivity index (χ1n) is 10.1. The van der Waals surface area contributed by atoms with Gasteiger partial charge in [-0.05, 0) is 62.2 Å². The molecule has 31 heavy (non-hydrogen) atoms. The molecule has 0 spiro atoms. The van der Waals surface area contributed by atoms with Gasteiger partial charge in [0.05, 0.1) is 10.6 Å². The first kappa shape index (κ1) is 23.1. The van der Waals surface area contributed by atoms with Crippen LogP contribution in [0.5, 0.6) is 0 Å². The van der Waals surface area contributed by atoms with Crippen molar-refractivity contribution < 1.29 is 13.2 Å². The van der Waals surface area contributed by atoms with Crippen LogP contribution in [0.4, 0.5) is 5.69 Å². The molecule has 7 heteroatoms. The minimum Gasteiger partial charge on any atom is -0.325 e. The molecule has 3 aromatic rings. The minimum atomic E-state index is -3.51. The monoisotopic (exact) mass is 454 g/mol. The molecule has 2 N–H and O–H groups in total. The summed E-state index contributed by atoms with van der Waals surface area (Å²) in [7, 11) is -3.51. The van der Waals surface area contributed by atoms with Gasteiger partial charge in [-0.1, -0.05) is 54.2 Å². The van der Waals surface area contributed by atoms with Crippen molar-refractivity contribution in [3.63, 3.8) is 0 Å². The zero-order valence-electron chi connectivity index (χ0n) is 17.5. The SMILES string of the molecule is CC(C)NS(=O)(=O)c1ccc(CCC(=O)Nc2ccccc2Sc2ccccc2)cc1. The molecule has 1 amide bonds. The van der Waals surface area contributed by atoms with Crippen LogP contribution in [0.3, 0.4) is 0 Å². The van der Waals surface area contributed by atoms with Crippen molar-refractivity contribution in [3.8, 4) is 0 Å². The van der Waals surface area contributed by atoms with Crippen LogP contribution in [0.15, 0.2) is 93.5 Å². The number of para-hydroxylation sites is 1. The van der Waals surface area contributed by atoms with E-state index in [9.17, 15) is 13.2 Å². The highest BCUT2D eigenvalue weighted by molar-refractivity contribution is 7.99. The molecule has 0 atom stereocenters. The lowest BCUT2D eigenvalue weighted by Gasteiger charge is -2.11. The number of benzene rings is 3. The fourth-order valence-electron chi connectivity index (χ4n) is 2.96. The number of carbonyl (C=O) groups is 1. The van der Waals surface area contributed by atoms with Gasteiger partial charge in [0.25, 0.3) is 0 Å². The maximum atomic E-state index is 12.5. The predicted molar refractivity (Wildman–Crippen MR) is 126 cm³/mol. The predicted octanol–water partition coefficient (Wildman–Crippen LogP) is 5.10. The number of aryl methyl sites for hydroxylation is 1. The van der Waals surface area contributed by atoms with Crippen LogP contribution in [0, 0.1) is 0 Å². The lowest BCUT2D eigenvalue weighted by molar-refractivity contribution is -0.116. The van der Waals surface area contributed by atoms with Gasteiger partial charge in [-0.25, -0.2) is 13.1 Å². The van der Waals surface area contributed by atoms with Crippen LogP contribution < -0.4 is 10.0 Å². The summed E-state index contributed by atoms with van der Waals surface area (Å²) in [6, 6.07) is 24.2. The average molecular weight is 455 g/mol. The van der Waals surface area contributed by atoms with Crippen molar-refractivity contribution in [2.45, 2.75) is 47.4 Å². The van der Waals surface area contributed by atoms with E-state index >= 15 is 0 Å². The normalized spacial score (nSPS) is 11.5. The van der Waals surface area contributed by atoms with Gasteiger partial charge in [0.2, 0.25) is 15.9 Å². The first-order chi connectivity index (χ1) is 14.8. The Morgan fingerprint density at radius 2 is 1.55 bits per heavy atom. The topological polar surface area (TPSA) is 75.3 Å². The number of anilines is 1. The van der Waals surface area contributed by atoms with E-state index in [0.29, 0.717) is 12.8 Å². The third kappa shape index (κ3) is 6.95. The number of hydrogen-bond acceptors (Lipinski definition) is 4. The molecule has 0 aromatic heterocycles. The van der Waals surface area contributed by atoms with Gasteiger partial charge in [-0.2, -0.15) is 0 Å². The molecule has 3 aromatic carbocycles. The van der Waals surface area contributed by atoms with Crippen LogP contribution in [-0.4, -0.2) is 20.4 Å². The highest BCUT2D eigenvalue weighted by Crippen LogP contribution is 2.33. The van der Waals surface area contributed by atoms with E-state index in [1.165, 1.54) is 0 Å². The molecule has 0 unspecified atom stereocenters. The van der Waals surface area contributed by atoms with Crippen molar-refractivity contribution in [1.82, 2.24) is 4.72 Å². The largest absolute Gasteiger partial charge is 0.325 e. The van der Waals surface area contributed by atoms with Crippen LogP contribution in [0.2, 0.25) is 0 Å². The first-order valence-corrected chi connectivity index (χ1v) is 12.4. The molecule has 0 aliphatic heterocycles. The Hall–Kier alpha value is -2.61. The van der Waals surface area contributed by atoms with Gasteiger partial charge in [-0.3, -0.25) is 4.79 Å². The molecule has 0 aliphatic rings. The summed E-state index contributed by atoms with van der Waals surface area (Å²) in [5, 5.41) is 2.99. The Morgan fingerprint density at radius 1 is 0.903 bits per heavy atom. The van der Waals surface area contributed by atoms with E-state index in [1.807, 2.05) is 54.6 Å². The van der Waals surface area contributed by atoms with Gasteiger partial charge >= 0.3 is 0 Å². The lowest BCUT2D eigenvalue weighted by atomic mass is 10.1.